The average molecular weight is 406 g/mol. The molecule has 0 saturated carbocycles. The number of ether oxygens (including phenoxy) is 2. The van der Waals surface area contributed by atoms with Crippen LogP contribution in [0.5, 0.6) is 5.75 Å². The molecular weight excluding hydrogens is 384 g/mol. The number of carbonyl (C=O) groups excluding carboxylic acids is 4. The van der Waals surface area contributed by atoms with Gasteiger partial charge in [-0.3, -0.25) is 19.2 Å². The number of esters is 1. The number of hydrogen-bond donors (Lipinski definition) is 0. The lowest BCUT2D eigenvalue weighted by atomic mass is 9.73. The smallest absolute Gasteiger partial charge is 0.308 e. The molecule has 0 spiro atoms. The number of Topliss-reactive ketones (excluding diaryl/α,β-unsaturated/α-hetero) is 1. The van der Waals surface area contributed by atoms with Crippen LogP contribution in [0.4, 0.5) is 0 Å². The predicted octanol–water partition coefficient (Wildman–Crippen LogP) is 3.93. The van der Waals surface area contributed by atoms with Gasteiger partial charge in [0.1, 0.15) is 11.9 Å². The molecule has 2 aliphatic carbocycles. The van der Waals surface area contributed by atoms with E-state index in [1.807, 2.05) is 6.92 Å². The van der Waals surface area contributed by atoms with Gasteiger partial charge in [0.15, 0.2) is 17.3 Å². The number of methoxy groups -OCH3 is 1. The van der Waals surface area contributed by atoms with E-state index in [0.717, 1.165) is 0 Å². The highest BCUT2D eigenvalue weighted by atomic mass is 16.5. The third-order valence-electron chi connectivity index (χ3n) is 5.75. The summed E-state index contributed by atoms with van der Waals surface area (Å²) in [6, 6.07) is 8.04. The third kappa shape index (κ3) is 2.86. The Morgan fingerprint density at radius 1 is 0.967 bits per heavy atom. The maximum absolute atomic E-state index is 13.5. The van der Waals surface area contributed by atoms with Crippen molar-refractivity contribution in [3.63, 3.8) is 0 Å². The van der Waals surface area contributed by atoms with E-state index >= 15 is 0 Å². The van der Waals surface area contributed by atoms with Crippen LogP contribution >= 0.6 is 0 Å². The van der Waals surface area contributed by atoms with Crippen molar-refractivity contribution in [2.45, 2.75) is 33.3 Å². The van der Waals surface area contributed by atoms with Crippen LogP contribution in [-0.2, 0) is 9.53 Å². The lowest BCUT2D eigenvalue weighted by molar-refractivity contribution is -0.156. The molecule has 0 aromatic heterocycles. The topological polar surface area (TPSA) is 86.7 Å². The van der Waals surface area contributed by atoms with Crippen molar-refractivity contribution in [2.24, 2.45) is 11.8 Å². The molecule has 0 saturated heterocycles. The molecule has 6 nitrogen and oxygen atoms in total. The second-order valence-corrected chi connectivity index (χ2v) is 8.11. The molecule has 0 N–H and O–H groups in total. The zero-order valence-electron chi connectivity index (χ0n) is 17.3. The Morgan fingerprint density at radius 3 is 2.33 bits per heavy atom. The number of benzene rings is 2. The van der Waals surface area contributed by atoms with Crippen LogP contribution in [0.2, 0.25) is 0 Å². The molecule has 2 aromatic carbocycles. The lowest BCUT2D eigenvalue weighted by Gasteiger charge is -2.33. The number of hydrogen-bond acceptors (Lipinski definition) is 6. The normalized spacial score (nSPS) is 19.8. The van der Waals surface area contributed by atoms with Crippen molar-refractivity contribution in [1.29, 1.82) is 0 Å². The quantitative estimate of drug-likeness (QED) is 0.613. The first-order chi connectivity index (χ1) is 14.3. The Hall–Kier alpha value is -3.28. The molecule has 0 bridgehead atoms. The van der Waals surface area contributed by atoms with Crippen LogP contribution in [0.15, 0.2) is 30.3 Å². The SMILES string of the molecule is COc1cccc2c1C(=O)c1c(ccc3c1C(=O)C[C@@H](C)[C@@H]3OC(=O)C(C)C)C2=O. The van der Waals surface area contributed by atoms with Crippen LogP contribution in [0.3, 0.4) is 0 Å². The number of carbonyl (C=O) groups is 4. The van der Waals surface area contributed by atoms with E-state index in [2.05, 4.69) is 0 Å². The Kier molecular flexibility index (Phi) is 4.80. The van der Waals surface area contributed by atoms with E-state index in [-0.39, 0.29) is 69.4 Å². The zero-order chi connectivity index (χ0) is 21.7. The lowest BCUT2D eigenvalue weighted by Crippen LogP contribution is -2.32. The summed E-state index contributed by atoms with van der Waals surface area (Å²) >= 11 is 0. The van der Waals surface area contributed by atoms with E-state index in [0.29, 0.717) is 5.56 Å². The van der Waals surface area contributed by atoms with Crippen LogP contribution in [-0.4, -0.2) is 30.4 Å². The third-order valence-corrected chi connectivity index (χ3v) is 5.75. The number of rotatable bonds is 3. The van der Waals surface area contributed by atoms with Crippen LogP contribution < -0.4 is 4.74 Å². The maximum Gasteiger partial charge on any atom is 0.308 e. The fraction of sp³-hybridized carbons (Fsp3) is 0.333. The summed E-state index contributed by atoms with van der Waals surface area (Å²) in [5.74, 6) is -1.63. The van der Waals surface area contributed by atoms with Gasteiger partial charge in [0, 0.05) is 40.2 Å². The highest BCUT2D eigenvalue weighted by molar-refractivity contribution is 6.32. The average Bonchev–Trinajstić information content (AvgIpc) is 2.73. The van der Waals surface area contributed by atoms with Gasteiger partial charge in [0.2, 0.25) is 0 Å². The van der Waals surface area contributed by atoms with Crippen LogP contribution in [0.25, 0.3) is 0 Å². The Labute approximate surface area is 174 Å². The zero-order valence-corrected chi connectivity index (χ0v) is 17.3. The minimum Gasteiger partial charge on any atom is -0.496 e. The highest BCUT2D eigenvalue weighted by Crippen LogP contribution is 2.43. The van der Waals surface area contributed by atoms with E-state index in [1.54, 1.807) is 44.2 Å². The largest absolute Gasteiger partial charge is 0.496 e. The first kappa shape index (κ1) is 20.0. The van der Waals surface area contributed by atoms with E-state index in [9.17, 15) is 19.2 Å². The van der Waals surface area contributed by atoms with Crippen molar-refractivity contribution < 1.29 is 28.7 Å². The summed E-state index contributed by atoms with van der Waals surface area (Å²) in [5.41, 5.74) is 1.35. The Balaban J connectivity index is 1.93. The summed E-state index contributed by atoms with van der Waals surface area (Å²) in [6.45, 7) is 5.31. The van der Waals surface area contributed by atoms with E-state index < -0.39 is 11.9 Å². The Morgan fingerprint density at radius 2 is 1.67 bits per heavy atom. The highest BCUT2D eigenvalue weighted by Gasteiger charge is 2.42. The van der Waals surface area contributed by atoms with Gasteiger partial charge in [-0.2, -0.15) is 0 Å². The summed E-state index contributed by atoms with van der Waals surface area (Å²) in [4.78, 5) is 51.9. The van der Waals surface area contributed by atoms with E-state index in [4.69, 9.17) is 9.47 Å². The van der Waals surface area contributed by atoms with Crippen molar-refractivity contribution in [2.75, 3.05) is 7.11 Å². The minimum absolute atomic E-state index is 0.0806. The van der Waals surface area contributed by atoms with Crippen molar-refractivity contribution >= 4 is 23.3 Å². The second-order valence-electron chi connectivity index (χ2n) is 8.11. The Bertz CT molecular complexity index is 1110. The molecule has 0 heterocycles. The molecular formula is C24H22O6. The minimum atomic E-state index is -0.653. The molecule has 2 aliphatic rings. The van der Waals surface area contributed by atoms with Crippen molar-refractivity contribution in [1.82, 2.24) is 0 Å². The molecule has 0 amide bonds. The second kappa shape index (κ2) is 7.20. The van der Waals surface area contributed by atoms with Gasteiger partial charge in [0.25, 0.3) is 0 Å². The fourth-order valence-electron chi connectivity index (χ4n) is 4.23. The first-order valence-electron chi connectivity index (χ1n) is 9.93. The van der Waals surface area contributed by atoms with Gasteiger partial charge < -0.3 is 9.47 Å². The van der Waals surface area contributed by atoms with E-state index in [1.165, 1.54) is 7.11 Å². The van der Waals surface area contributed by atoms with Gasteiger partial charge in [-0.25, -0.2) is 0 Å². The molecule has 0 aliphatic heterocycles. The first-order valence-corrected chi connectivity index (χ1v) is 9.93. The molecule has 0 radical (unpaired) electrons. The van der Waals surface area contributed by atoms with Gasteiger partial charge in [-0.15, -0.1) is 0 Å². The molecule has 2 atom stereocenters. The molecule has 154 valence electrons. The summed E-state index contributed by atoms with van der Waals surface area (Å²) in [6.07, 6.45) is -0.528. The van der Waals surface area contributed by atoms with Gasteiger partial charge in [-0.1, -0.05) is 39.0 Å². The molecule has 30 heavy (non-hydrogen) atoms. The molecule has 0 unspecified atom stereocenters. The van der Waals surface area contributed by atoms with Gasteiger partial charge in [0.05, 0.1) is 18.6 Å². The van der Waals surface area contributed by atoms with Crippen molar-refractivity contribution in [3.8, 4) is 5.75 Å². The maximum atomic E-state index is 13.5. The van der Waals surface area contributed by atoms with Gasteiger partial charge >= 0.3 is 5.97 Å². The number of ketones is 3. The molecule has 4 rings (SSSR count). The van der Waals surface area contributed by atoms with Crippen LogP contribution in [0.1, 0.15) is 81.1 Å². The summed E-state index contributed by atoms with van der Waals surface area (Å²) in [7, 11) is 1.43. The fourth-order valence-corrected chi connectivity index (χ4v) is 4.23. The molecule has 0 fully saturated rings. The summed E-state index contributed by atoms with van der Waals surface area (Å²) in [5, 5.41) is 0. The van der Waals surface area contributed by atoms with Crippen molar-refractivity contribution in [3.05, 3.63) is 63.7 Å². The van der Waals surface area contributed by atoms with Gasteiger partial charge in [-0.05, 0) is 12.1 Å². The van der Waals surface area contributed by atoms with Crippen LogP contribution in [0, 0.1) is 11.8 Å². The molecule has 2 aromatic rings. The number of fused-ring (bicyclic) bond motifs is 4. The standard InChI is InChI=1S/C24H22O6/c1-11(2)24(28)30-23-12(3)10-16(25)18-15(23)9-8-14-20(18)22(27)19-13(21(14)26)6-5-7-17(19)29-4/h5-9,11-12,23H,10H2,1-4H3/t12-,23+/m1/s1. The monoisotopic (exact) mass is 406 g/mol. The predicted molar refractivity (Wildman–Crippen MR) is 108 cm³/mol. The molecule has 6 heteroatoms. The summed E-state index contributed by atoms with van der Waals surface area (Å²) < 4.78 is 11.0.